The number of aliphatic imine (C=N–C) groups is 3. The summed E-state index contributed by atoms with van der Waals surface area (Å²) in [6.45, 7) is 1.91. The van der Waals surface area contributed by atoms with Crippen molar-refractivity contribution in [3.63, 3.8) is 0 Å². The van der Waals surface area contributed by atoms with Gasteiger partial charge in [0.15, 0.2) is 6.17 Å². The fourth-order valence-electron chi connectivity index (χ4n) is 1.19. The van der Waals surface area contributed by atoms with Crippen LogP contribution < -0.4 is 0 Å². The fraction of sp³-hybridized carbons (Fsp3) is 0.667. The number of nitrogens with zero attached hydrogens (tertiary/aromatic N) is 3. The van der Waals surface area contributed by atoms with Gasteiger partial charge in [-0.15, -0.1) is 0 Å². The van der Waals surface area contributed by atoms with Crippen molar-refractivity contribution in [3.05, 3.63) is 0 Å². The molecule has 0 aliphatic carbocycles. The molecule has 0 bridgehead atoms. The number of thiol groups is 1. The summed E-state index contributed by atoms with van der Waals surface area (Å²) in [6.07, 6.45) is 3.71. The number of carbonyl (C=O) groups excluding carboxylic acids is 3. The minimum Gasteiger partial charge on any atom is -0.211 e. The standard InChI is InChI=1S/C9H11N3O3S/c1-2-8(16)7(3-10-4-13)9(11-5-14)12-6-15/h7-9,16H,2-3H2,1H3. The van der Waals surface area contributed by atoms with Gasteiger partial charge < -0.3 is 0 Å². The number of hydrogen-bond donors (Lipinski definition) is 1. The Balaban J connectivity index is 4.99. The minimum atomic E-state index is -0.949. The van der Waals surface area contributed by atoms with Crippen LogP contribution in [-0.4, -0.2) is 36.2 Å². The van der Waals surface area contributed by atoms with Crippen molar-refractivity contribution in [3.8, 4) is 0 Å². The van der Waals surface area contributed by atoms with Gasteiger partial charge in [0.25, 0.3) is 0 Å². The molecule has 0 aromatic rings. The smallest absolute Gasteiger partial charge is 0.211 e. The van der Waals surface area contributed by atoms with Crippen molar-refractivity contribution in [2.75, 3.05) is 6.54 Å². The van der Waals surface area contributed by atoms with E-state index in [-0.39, 0.29) is 11.8 Å². The summed E-state index contributed by atoms with van der Waals surface area (Å²) in [7, 11) is 0. The Morgan fingerprint density at radius 1 is 1.12 bits per heavy atom. The Kier molecular flexibility index (Phi) is 7.94. The summed E-state index contributed by atoms with van der Waals surface area (Å²) in [5.41, 5.74) is 0. The van der Waals surface area contributed by atoms with Crippen LogP contribution in [0.15, 0.2) is 15.0 Å². The third kappa shape index (κ3) is 4.82. The van der Waals surface area contributed by atoms with E-state index in [1.165, 1.54) is 18.2 Å². The molecule has 0 aromatic heterocycles. The average molecular weight is 241 g/mol. The highest BCUT2D eigenvalue weighted by Crippen LogP contribution is 2.21. The minimum absolute atomic E-state index is 0.0481. The van der Waals surface area contributed by atoms with Crippen molar-refractivity contribution in [2.45, 2.75) is 24.8 Å². The highest BCUT2D eigenvalue weighted by Gasteiger charge is 2.26. The molecule has 0 aliphatic rings. The van der Waals surface area contributed by atoms with Gasteiger partial charge in [-0.2, -0.15) is 22.6 Å². The van der Waals surface area contributed by atoms with Crippen LogP contribution >= 0.6 is 12.6 Å². The molecule has 0 spiro atoms. The van der Waals surface area contributed by atoms with E-state index in [4.69, 9.17) is 0 Å². The third-order valence-corrected chi connectivity index (χ3v) is 2.78. The lowest BCUT2D eigenvalue weighted by Gasteiger charge is -2.21. The zero-order valence-electron chi connectivity index (χ0n) is 8.66. The molecule has 0 saturated heterocycles. The largest absolute Gasteiger partial charge is 0.237 e. The third-order valence-electron chi connectivity index (χ3n) is 2.03. The van der Waals surface area contributed by atoms with Gasteiger partial charge in [-0.1, -0.05) is 6.92 Å². The quantitative estimate of drug-likeness (QED) is 0.403. The SMILES string of the molecule is CCC(S)C(CN=C=O)C(N=C=O)N=C=O. The van der Waals surface area contributed by atoms with Crippen LogP contribution in [-0.2, 0) is 14.4 Å². The summed E-state index contributed by atoms with van der Waals surface area (Å²) >= 11 is 4.25. The van der Waals surface area contributed by atoms with Gasteiger partial charge in [0, 0.05) is 11.2 Å². The van der Waals surface area contributed by atoms with Crippen molar-refractivity contribution in [1.82, 2.24) is 0 Å². The Hall–Kier alpha value is -1.51. The van der Waals surface area contributed by atoms with E-state index >= 15 is 0 Å². The molecule has 2 atom stereocenters. The van der Waals surface area contributed by atoms with Crippen LogP contribution in [0.4, 0.5) is 0 Å². The van der Waals surface area contributed by atoms with Crippen molar-refractivity contribution in [2.24, 2.45) is 20.9 Å². The lowest BCUT2D eigenvalue weighted by molar-refractivity contribution is 0.416. The van der Waals surface area contributed by atoms with Crippen molar-refractivity contribution in [1.29, 1.82) is 0 Å². The van der Waals surface area contributed by atoms with Crippen LogP contribution in [0, 0.1) is 5.92 Å². The average Bonchev–Trinajstić information content (AvgIpc) is 2.29. The molecule has 7 heteroatoms. The van der Waals surface area contributed by atoms with Crippen LogP contribution in [0.25, 0.3) is 0 Å². The first-order valence-corrected chi connectivity index (χ1v) is 5.08. The highest BCUT2D eigenvalue weighted by molar-refractivity contribution is 7.81. The van der Waals surface area contributed by atoms with Crippen molar-refractivity contribution < 1.29 is 14.4 Å². The number of isocyanates is 3. The lowest BCUT2D eigenvalue weighted by Crippen LogP contribution is -2.28. The maximum atomic E-state index is 10.2. The molecule has 0 fully saturated rings. The van der Waals surface area contributed by atoms with Gasteiger partial charge in [0.05, 0.1) is 6.54 Å². The van der Waals surface area contributed by atoms with Gasteiger partial charge in [-0.3, -0.25) is 0 Å². The fourth-order valence-corrected chi connectivity index (χ4v) is 1.44. The monoisotopic (exact) mass is 241 g/mol. The van der Waals surface area contributed by atoms with E-state index in [0.717, 1.165) is 0 Å². The van der Waals surface area contributed by atoms with Gasteiger partial charge in [0.2, 0.25) is 18.2 Å². The van der Waals surface area contributed by atoms with Crippen molar-refractivity contribution >= 4 is 30.9 Å². The first-order chi connectivity index (χ1) is 7.71. The van der Waals surface area contributed by atoms with E-state index < -0.39 is 12.1 Å². The van der Waals surface area contributed by atoms with E-state index in [2.05, 4.69) is 27.6 Å². The summed E-state index contributed by atoms with van der Waals surface area (Å²) in [5, 5.41) is -0.198. The second-order valence-corrected chi connectivity index (χ2v) is 3.59. The van der Waals surface area contributed by atoms with Gasteiger partial charge in [-0.05, 0) is 6.42 Å². The molecule has 0 amide bonds. The molecule has 0 saturated carbocycles. The summed E-state index contributed by atoms with van der Waals surface area (Å²) in [6, 6.07) is 0. The topological polar surface area (TPSA) is 88.3 Å². The van der Waals surface area contributed by atoms with Gasteiger partial charge in [0.1, 0.15) is 0 Å². The summed E-state index contributed by atoms with van der Waals surface area (Å²) in [5.74, 6) is -0.433. The van der Waals surface area contributed by atoms with Gasteiger partial charge >= 0.3 is 0 Å². The Labute approximate surface area is 98.0 Å². The predicted molar refractivity (Wildman–Crippen MR) is 59.6 cm³/mol. The normalized spacial score (nSPS) is 14.6. The molecule has 2 unspecified atom stereocenters. The van der Waals surface area contributed by atoms with E-state index in [1.54, 1.807) is 0 Å². The number of rotatable bonds is 7. The van der Waals surface area contributed by atoms with Crippen LogP contribution in [0.3, 0.4) is 0 Å². The Morgan fingerprint density at radius 3 is 2.06 bits per heavy atom. The van der Waals surface area contributed by atoms with E-state index in [0.29, 0.717) is 6.42 Å². The molecule has 86 valence electrons. The molecule has 0 heterocycles. The Morgan fingerprint density at radius 2 is 1.69 bits per heavy atom. The highest BCUT2D eigenvalue weighted by atomic mass is 32.1. The molecule has 0 N–H and O–H groups in total. The maximum Gasteiger partial charge on any atom is 0.237 e. The molecule has 0 aromatic carbocycles. The van der Waals surface area contributed by atoms with E-state index in [1.807, 2.05) is 6.92 Å². The Bertz CT molecular complexity index is 337. The maximum absolute atomic E-state index is 10.2. The lowest BCUT2D eigenvalue weighted by atomic mass is 10.00. The predicted octanol–water partition coefficient (Wildman–Crippen LogP) is 0.645. The first-order valence-electron chi connectivity index (χ1n) is 4.56. The number of hydrogen-bond acceptors (Lipinski definition) is 7. The zero-order chi connectivity index (χ0) is 12.4. The second-order valence-electron chi connectivity index (χ2n) is 2.93. The molecule has 0 aliphatic heterocycles. The summed E-state index contributed by atoms with van der Waals surface area (Å²) in [4.78, 5) is 40.5. The first kappa shape index (κ1) is 14.5. The molecule has 0 rings (SSSR count). The molecule has 16 heavy (non-hydrogen) atoms. The van der Waals surface area contributed by atoms with Gasteiger partial charge in [-0.25, -0.2) is 19.4 Å². The second kappa shape index (κ2) is 8.77. The molecule has 0 radical (unpaired) electrons. The molecule has 6 nitrogen and oxygen atoms in total. The van der Waals surface area contributed by atoms with Crippen LogP contribution in [0.5, 0.6) is 0 Å². The van der Waals surface area contributed by atoms with Crippen LogP contribution in [0.2, 0.25) is 0 Å². The summed E-state index contributed by atoms with van der Waals surface area (Å²) < 4.78 is 0. The van der Waals surface area contributed by atoms with E-state index in [9.17, 15) is 14.4 Å². The molecular formula is C9H11N3O3S. The zero-order valence-corrected chi connectivity index (χ0v) is 9.55. The van der Waals surface area contributed by atoms with Crippen LogP contribution in [0.1, 0.15) is 13.3 Å². The molecular weight excluding hydrogens is 230 g/mol.